The van der Waals surface area contributed by atoms with E-state index >= 15 is 0 Å². The van der Waals surface area contributed by atoms with E-state index in [1.807, 2.05) is 36.9 Å². The van der Waals surface area contributed by atoms with Crippen molar-refractivity contribution in [3.05, 3.63) is 29.3 Å². The number of hydrogen-bond acceptors (Lipinski definition) is 3. The van der Waals surface area contributed by atoms with E-state index in [1.165, 1.54) is 0 Å². The summed E-state index contributed by atoms with van der Waals surface area (Å²) in [6, 6.07) is 5.84. The van der Waals surface area contributed by atoms with Crippen LogP contribution in [0.4, 0.5) is 0 Å². The first-order valence-corrected chi connectivity index (χ1v) is 7.39. The number of carbonyl (C=O) groups excluding carboxylic acids is 1. The minimum absolute atomic E-state index is 0.0739. The van der Waals surface area contributed by atoms with E-state index in [9.17, 15) is 4.79 Å². The van der Waals surface area contributed by atoms with Crippen molar-refractivity contribution in [2.75, 3.05) is 12.0 Å². The monoisotopic (exact) mass is 250 g/mol. The molecule has 1 aromatic rings. The van der Waals surface area contributed by atoms with Gasteiger partial charge in [0.25, 0.3) is 0 Å². The number of ether oxygens (including phenoxy) is 1. The zero-order valence-corrected chi connectivity index (χ0v) is 11.2. The zero-order chi connectivity index (χ0) is 12.3. The van der Waals surface area contributed by atoms with Gasteiger partial charge in [0.15, 0.2) is 5.78 Å². The molecule has 0 saturated carbocycles. The third kappa shape index (κ3) is 3.03. The maximum atomic E-state index is 12.0. The highest BCUT2D eigenvalue weighted by Crippen LogP contribution is 2.29. The Morgan fingerprint density at radius 3 is 3.06 bits per heavy atom. The molecule has 1 unspecified atom stereocenters. The van der Waals surface area contributed by atoms with Gasteiger partial charge in [-0.1, -0.05) is 11.6 Å². The van der Waals surface area contributed by atoms with Gasteiger partial charge in [0.1, 0.15) is 11.9 Å². The lowest BCUT2D eigenvalue weighted by Gasteiger charge is -2.25. The molecule has 2 rings (SSSR count). The van der Waals surface area contributed by atoms with Crippen LogP contribution in [0, 0.1) is 6.92 Å². The van der Waals surface area contributed by atoms with E-state index in [0.717, 1.165) is 35.5 Å². The fraction of sp³-hybridized carbons (Fsp3) is 0.500. The highest BCUT2D eigenvalue weighted by Gasteiger charge is 2.25. The number of aryl methyl sites for hydroxylation is 1. The van der Waals surface area contributed by atoms with Crippen LogP contribution in [-0.4, -0.2) is 23.9 Å². The van der Waals surface area contributed by atoms with Crippen LogP contribution in [0.5, 0.6) is 5.75 Å². The van der Waals surface area contributed by atoms with Crippen LogP contribution in [0.1, 0.15) is 35.2 Å². The molecule has 17 heavy (non-hydrogen) atoms. The maximum Gasteiger partial charge on any atom is 0.170 e. The second-order valence-corrected chi connectivity index (χ2v) is 5.49. The Morgan fingerprint density at radius 2 is 2.29 bits per heavy atom. The number of rotatable bonds is 4. The van der Waals surface area contributed by atoms with E-state index in [-0.39, 0.29) is 11.9 Å². The molecule has 0 spiro atoms. The molecule has 0 bridgehead atoms. The molecule has 92 valence electrons. The molecular weight excluding hydrogens is 232 g/mol. The molecule has 2 nitrogen and oxygen atoms in total. The lowest BCUT2D eigenvalue weighted by Crippen LogP contribution is -2.27. The van der Waals surface area contributed by atoms with Gasteiger partial charge in [-0.2, -0.15) is 11.8 Å². The van der Waals surface area contributed by atoms with Crippen molar-refractivity contribution in [1.82, 2.24) is 0 Å². The van der Waals surface area contributed by atoms with Crippen molar-refractivity contribution >= 4 is 17.5 Å². The molecule has 0 saturated heterocycles. The predicted molar refractivity (Wildman–Crippen MR) is 72.2 cm³/mol. The minimum Gasteiger partial charge on any atom is -0.489 e. The SMILES string of the molecule is CSCCCC1CC(=O)c2cc(C)ccc2O1. The summed E-state index contributed by atoms with van der Waals surface area (Å²) in [4.78, 5) is 12.0. The largest absolute Gasteiger partial charge is 0.489 e. The van der Waals surface area contributed by atoms with Gasteiger partial charge in [0.05, 0.1) is 5.56 Å². The van der Waals surface area contributed by atoms with E-state index < -0.39 is 0 Å². The molecule has 0 aliphatic carbocycles. The summed E-state index contributed by atoms with van der Waals surface area (Å²) in [6.07, 6.45) is 4.79. The van der Waals surface area contributed by atoms with Gasteiger partial charge in [-0.3, -0.25) is 4.79 Å². The smallest absolute Gasteiger partial charge is 0.170 e. The quantitative estimate of drug-likeness (QED) is 0.765. The summed E-state index contributed by atoms with van der Waals surface area (Å²) >= 11 is 1.84. The van der Waals surface area contributed by atoms with Crippen LogP contribution >= 0.6 is 11.8 Å². The van der Waals surface area contributed by atoms with Gasteiger partial charge in [-0.15, -0.1) is 0 Å². The van der Waals surface area contributed by atoms with Crippen molar-refractivity contribution in [3.8, 4) is 5.75 Å². The van der Waals surface area contributed by atoms with Gasteiger partial charge in [0.2, 0.25) is 0 Å². The van der Waals surface area contributed by atoms with Crippen LogP contribution in [-0.2, 0) is 0 Å². The Morgan fingerprint density at radius 1 is 1.47 bits per heavy atom. The molecule has 0 radical (unpaired) electrons. The molecule has 1 aromatic carbocycles. The first-order chi connectivity index (χ1) is 8.20. The molecule has 1 heterocycles. The van der Waals surface area contributed by atoms with Gasteiger partial charge < -0.3 is 4.74 Å². The standard InChI is InChI=1S/C14H18O2S/c1-10-5-6-14-12(8-10)13(15)9-11(16-14)4-3-7-17-2/h5-6,8,11H,3-4,7,9H2,1-2H3. The van der Waals surface area contributed by atoms with E-state index in [2.05, 4.69) is 6.26 Å². The summed E-state index contributed by atoms with van der Waals surface area (Å²) in [5, 5.41) is 0. The first kappa shape index (κ1) is 12.5. The zero-order valence-electron chi connectivity index (χ0n) is 10.4. The van der Waals surface area contributed by atoms with Crippen molar-refractivity contribution in [3.63, 3.8) is 0 Å². The number of hydrogen-bond donors (Lipinski definition) is 0. The fourth-order valence-electron chi connectivity index (χ4n) is 2.12. The topological polar surface area (TPSA) is 26.3 Å². The Labute approximate surface area is 107 Å². The number of carbonyl (C=O) groups is 1. The van der Waals surface area contributed by atoms with Crippen molar-refractivity contribution in [2.45, 2.75) is 32.3 Å². The average Bonchev–Trinajstić information content (AvgIpc) is 2.31. The molecule has 1 aliphatic heterocycles. The molecule has 0 fully saturated rings. The predicted octanol–water partition coefficient (Wildman–Crippen LogP) is 3.47. The number of Topliss-reactive ketones (excluding diaryl/α,β-unsaturated/α-hetero) is 1. The summed E-state index contributed by atoms with van der Waals surface area (Å²) in [7, 11) is 0. The van der Waals surface area contributed by atoms with Crippen LogP contribution in [0.15, 0.2) is 18.2 Å². The number of thioether (sulfide) groups is 1. The second kappa shape index (κ2) is 5.58. The fourth-order valence-corrected chi connectivity index (χ4v) is 2.57. The van der Waals surface area contributed by atoms with Gasteiger partial charge in [0, 0.05) is 6.42 Å². The summed E-state index contributed by atoms with van der Waals surface area (Å²) < 4.78 is 5.87. The van der Waals surface area contributed by atoms with E-state index in [1.54, 1.807) is 0 Å². The van der Waals surface area contributed by atoms with E-state index in [4.69, 9.17) is 4.74 Å². The summed E-state index contributed by atoms with van der Waals surface area (Å²) in [5.74, 6) is 2.12. The van der Waals surface area contributed by atoms with Crippen molar-refractivity contribution in [1.29, 1.82) is 0 Å². The average molecular weight is 250 g/mol. The molecule has 0 aromatic heterocycles. The van der Waals surface area contributed by atoms with Crippen LogP contribution in [0.25, 0.3) is 0 Å². The van der Waals surface area contributed by atoms with E-state index in [0.29, 0.717) is 6.42 Å². The molecule has 3 heteroatoms. The molecular formula is C14H18O2S. The van der Waals surface area contributed by atoms with Crippen LogP contribution < -0.4 is 4.74 Å². The summed E-state index contributed by atoms with van der Waals surface area (Å²) in [6.45, 7) is 2.00. The van der Waals surface area contributed by atoms with Crippen LogP contribution in [0.2, 0.25) is 0 Å². The Hall–Kier alpha value is -0.960. The molecule has 1 aliphatic rings. The number of benzene rings is 1. The Balaban J connectivity index is 2.06. The highest BCUT2D eigenvalue weighted by atomic mass is 32.2. The summed E-state index contributed by atoms with van der Waals surface area (Å²) in [5.41, 5.74) is 1.87. The Bertz CT molecular complexity index is 415. The second-order valence-electron chi connectivity index (χ2n) is 4.50. The van der Waals surface area contributed by atoms with Gasteiger partial charge in [-0.25, -0.2) is 0 Å². The minimum atomic E-state index is 0.0739. The number of ketones is 1. The number of fused-ring (bicyclic) bond motifs is 1. The third-order valence-corrected chi connectivity index (χ3v) is 3.71. The molecule has 0 N–H and O–H groups in total. The third-order valence-electron chi connectivity index (χ3n) is 3.02. The first-order valence-electron chi connectivity index (χ1n) is 6.00. The maximum absolute atomic E-state index is 12.0. The lowest BCUT2D eigenvalue weighted by molar-refractivity contribution is 0.0838. The van der Waals surface area contributed by atoms with Gasteiger partial charge in [-0.05, 0) is 43.9 Å². The van der Waals surface area contributed by atoms with Crippen LogP contribution in [0.3, 0.4) is 0 Å². The Kier molecular flexibility index (Phi) is 4.11. The highest BCUT2D eigenvalue weighted by molar-refractivity contribution is 7.98. The van der Waals surface area contributed by atoms with Gasteiger partial charge >= 0.3 is 0 Å². The van der Waals surface area contributed by atoms with Crippen molar-refractivity contribution < 1.29 is 9.53 Å². The normalized spacial score (nSPS) is 18.7. The molecule has 0 amide bonds. The lowest BCUT2D eigenvalue weighted by atomic mass is 9.97. The van der Waals surface area contributed by atoms with Crippen molar-refractivity contribution in [2.24, 2.45) is 0 Å². The molecule has 1 atom stereocenters.